The molecule has 2 saturated heterocycles. The standard InChI is InChI=1S/C48H116Cl4Si13/c1-41(2,3)37-45(53(13,14)15,54(16,17)18)61(49)62(50,46(55(19,20)21,56(22,23)24)38-42(4,5)6)65(61)63(51,47(57(25,26)27,58(28,29)30)39-43(7,8)9)64(65,52)48(59(31,32)33,60(34,35)36)40-44(10,11)12/h37-40H2,1-36H3. The van der Waals surface area contributed by atoms with Gasteiger partial charge in [-0.15, -0.1) is 0 Å². The van der Waals surface area contributed by atoms with Crippen LogP contribution >= 0.6 is 44.3 Å². The fourth-order valence-electron chi connectivity index (χ4n) is 18.8. The van der Waals surface area contributed by atoms with Gasteiger partial charge in [-0.2, -0.15) is 44.3 Å². The second kappa shape index (κ2) is 17.0. The van der Waals surface area contributed by atoms with E-state index >= 15 is 0 Å². The Morgan fingerprint density at radius 3 is 0.385 bits per heavy atom. The second-order valence-electron chi connectivity index (χ2n) is 36.0. The van der Waals surface area contributed by atoms with Gasteiger partial charge in [-0.25, -0.2) is 0 Å². The van der Waals surface area contributed by atoms with E-state index in [4.69, 9.17) is 0 Å². The van der Waals surface area contributed by atoms with Gasteiger partial charge in [0.25, 0.3) is 0 Å². The lowest BCUT2D eigenvalue weighted by atomic mass is 9.93. The summed E-state index contributed by atoms with van der Waals surface area (Å²) in [6.45, 7) is 98.9. The molecule has 2 aliphatic rings. The van der Waals surface area contributed by atoms with Gasteiger partial charge in [-0.3, -0.25) is 0 Å². The van der Waals surface area contributed by atoms with Crippen LogP contribution < -0.4 is 0 Å². The van der Waals surface area contributed by atoms with Crippen LogP contribution in [0.25, 0.3) is 0 Å². The number of hydrogen-bond donors (Lipinski definition) is 0. The fourth-order valence-corrected chi connectivity index (χ4v) is 580. The summed E-state index contributed by atoms with van der Waals surface area (Å²) in [5.41, 5.74) is 0.416. The molecule has 0 N–H and O–H groups in total. The van der Waals surface area contributed by atoms with E-state index in [0.717, 1.165) is 0 Å². The van der Waals surface area contributed by atoms with Gasteiger partial charge in [-0.05, 0) is 64.5 Å². The molecule has 2 heterocycles. The van der Waals surface area contributed by atoms with Crippen molar-refractivity contribution in [2.45, 2.75) is 283 Å². The van der Waals surface area contributed by atoms with Crippen molar-refractivity contribution >= 4 is 141 Å². The summed E-state index contributed by atoms with van der Waals surface area (Å²) in [4.78, 5) is 0. The van der Waals surface area contributed by atoms with Crippen LogP contribution in [0.15, 0.2) is 0 Å². The Morgan fingerprint density at radius 1 is 0.231 bits per heavy atom. The highest BCUT2D eigenvalue weighted by atomic mass is 35.6. The van der Waals surface area contributed by atoms with Crippen LogP contribution in [-0.2, 0) is 0 Å². The molecular weight excluding hydrogens is 1080 g/mol. The van der Waals surface area contributed by atoms with Crippen LogP contribution in [0, 0.1) is 21.7 Å². The molecule has 2 aliphatic heterocycles. The molecule has 4 unspecified atom stereocenters. The zero-order valence-electron chi connectivity index (χ0n) is 50.8. The van der Waals surface area contributed by atoms with Gasteiger partial charge >= 0.3 is 0 Å². The van der Waals surface area contributed by atoms with Gasteiger partial charge in [0.15, 0.2) is 25.7 Å². The van der Waals surface area contributed by atoms with Crippen LogP contribution in [0.3, 0.4) is 0 Å². The fraction of sp³-hybridized carbons (Fsp3) is 1.00. The highest BCUT2D eigenvalue weighted by Gasteiger charge is 3.24. The van der Waals surface area contributed by atoms with Crippen molar-refractivity contribution in [3.63, 3.8) is 0 Å². The normalized spacial score (nSPS) is 29.2. The molecule has 17 heteroatoms. The summed E-state index contributed by atoms with van der Waals surface area (Å²) in [5.74, 6) is 0. The minimum absolute atomic E-state index is 0.0882. The lowest BCUT2D eigenvalue weighted by Crippen LogP contribution is -2.71. The van der Waals surface area contributed by atoms with Crippen molar-refractivity contribution in [1.29, 1.82) is 0 Å². The molecule has 2 fully saturated rings. The van der Waals surface area contributed by atoms with Crippen molar-refractivity contribution in [3.8, 4) is 0 Å². The Kier molecular flexibility index (Phi) is 17.0. The molecule has 0 radical (unpaired) electrons. The third-order valence-corrected chi connectivity index (χ3v) is 265. The molecule has 0 aromatic rings. The van der Waals surface area contributed by atoms with Gasteiger partial charge < -0.3 is 0 Å². The summed E-state index contributed by atoms with van der Waals surface area (Å²) in [7, 11) is -17.5. The number of rotatable bonds is 16. The maximum Gasteiger partial charge on any atom is 0.151 e. The molecule has 0 bridgehead atoms. The summed E-state index contributed by atoms with van der Waals surface area (Å²) < 4.78 is 0.353. The first-order valence-electron chi connectivity index (χ1n) is 26.1. The van der Waals surface area contributed by atoms with E-state index in [2.05, 4.69) is 240 Å². The van der Waals surface area contributed by atoms with E-state index in [1.165, 1.54) is 25.7 Å². The highest BCUT2D eigenvalue weighted by Crippen LogP contribution is 2.99. The average Bonchev–Trinajstić information content (AvgIpc) is 3.61. The maximum absolute atomic E-state index is 10.6. The van der Waals surface area contributed by atoms with E-state index in [1.807, 2.05) is 0 Å². The van der Waals surface area contributed by atoms with Gasteiger partial charge in [0.2, 0.25) is 0 Å². The first-order valence-corrected chi connectivity index (χ1v) is 74.1. The third-order valence-electron chi connectivity index (χ3n) is 18.7. The zero-order valence-corrected chi connectivity index (χ0v) is 66.9. The molecule has 0 nitrogen and oxygen atoms in total. The van der Waals surface area contributed by atoms with E-state index in [9.17, 15) is 44.3 Å². The Bertz CT molecular complexity index is 1450. The first kappa shape index (κ1) is 65.1. The van der Waals surface area contributed by atoms with Gasteiger partial charge in [-0.1, -0.05) is 240 Å². The average molecular weight is 1200 g/mol. The Labute approximate surface area is 441 Å². The van der Waals surface area contributed by atoms with Crippen LogP contribution in [0.4, 0.5) is 0 Å². The molecule has 2 rings (SSSR count). The van der Waals surface area contributed by atoms with Gasteiger partial charge in [0, 0.05) is 64.6 Å². The Hall–Kier alpha value is 3.98. The van der Waals surface area contributed by atoms with Crippen molar-refractivity contribution in [2.24, 2.45) is 21.7 Å². The maximum atomic E-state index is 10.6. The topological polar surface area (TPSA) is 0 Å². The first-order chi connectivity index (χ1) is 27.3. The van der Waals surface area contributed by atoms with E-state index < -0.39 is 96.4 Å². The molecule has 0 aromatic heterocycles. The lowest BCUT2D eigenvalue weighted by molar-refractivity contribution is 0.368. The van der Waals surface area contributed by atoms with E-state index in [1.54, 1.807) is 0 Å². The van der Waals surface area contributed by atoms with Crippen LogP contribution in [0.2, 0.25) is 174 Å². The SMILES string of the molecule is CC(C)(C)CC([Si](C)(C)C)([Si](C)(C)C)[Si]1(Cl)[Si](Cl)(C(CC(C)(C)C)([Si](C)(C)C)[Si](C)(C)C)[Si]12[Si](Cl)(C(CC(C)(C)C)([Si](C)(C)C)[Si](C)(C)C)[Si]2(Cl)C(CC(C)(C)C)([Si](C)(C)C)[Si](C)(C)C. The van der Waals surface area contributed by atoms with Crippen LogP contribution in [0.5, 0.6) is 0 Å². The molecular formula is C48H116Cl4Si13. The summed E-state index contributed by atoms with van der Waals surface area (Å²) >= 11 is 42.2. The van der Waals surface area contributed by atoms with Gasteiger partial charge in [0.1, 0.15) is 6.14 Å². The third kappa shape index (κ3) is 8.56. The number of hydrogen-bond acceptors (Lipinski definition) is 0. The van der Waals surface area contributed by atoms with Crippen molar-refractivity contribution < 1.29 is 0 Å². The highest BCUT2D eigenvalue weighted by molar-refractivity contribution is 8.68. The monoisotopic (exact) mass is 1200 g/mol. The molecule has 65 heavy (non-hydrogen) atoms. The van der Waals surface area contributed by atoms with Gasteiger partial charge in [0.05, 0.1) is 0 Å². The van der Waals surface area contributed by atoms with Crippen molar-refractivity contribution in [3.05, 3.63) is 0 Å². The van der Waals surface area contributed by atoms with E-state index in [-0.39, 0.29) is 38.8 Å². The summed E-state index contributed by atoms with van der Waals surface area (Å²) in [6.07, 6.45) is -10.9. The Balaban J connectivity index is 4.36. The molecule has 0 aromatic carbocycles. The predicted octanol–water partition coefficient (Wildman–Crippen LogP) is 20.4. The minimum Gasteiger partial charge on any atom is -0.174 e. The van der Waals surface area contributed by atoms with E-state index in [0.29, 0.717) is 0 Å². The largest absolute Gasteiger partial charge is 0.174 e. The molecule has 0 saturated carbocycles. The van der Waals surface area contributed by atoms with Crippen LogP contribution in [-0.4, -0.2) is 96.4 Å². The summed E-state index contributed by atoms with van der Waals surface area (Å²) in [6, 6.07) is 0. The smallest absolute Gasteiger partial charge is 0.151 e. The van der Waals surface area contributed by atoms with Crippen LogP contribution in [0.1, 0.15) is 109 Å². The molecule has 1 spiro atoms. The molecule has 388 valence electrons. The molecule has 0 amide bonds. The molecule has 4 atom stereocenters. The quantitative estimate of drug-likeness (QED) is 0.107. The minimum atomic E-state index is -3.19. The van der Waals surface area contributed by atoms with Crippen molar-refractivity contribution in [2.75, 3.05) is 0 Å². The Morgan fingerprint density at radius 2 is 0.323 bits per heavy atom. The lowest BCUT2D eigenvalue weighted by Gasteiger charge is -2.63. The van der Waals surface area contributed by atoms with Crippen molar-refractivity contribution in [1.82, 2.24) is 0 Å². The summed E-state index contributed by atoms with van der Waals surface area (Å²) in [5, 5.41) is 0. The second-order valence-corrected chi connectivity index (χ2v) is 151. The predicted molar refractivity (Wildman–Crippen MR) is 346 cm³/mol. The molecule has 0 aliphatic carbocycles. The zero-order chi connectivity index (χ0) is 53.3. The number of halogens is 4.